The Hall–Kier alpha value is -3.55. The van der Waals surface area contributed by atoms with E-state index in [4.69, 9.17) is 4.74 Å². The van der Waals surface area contributed by atoms with E-state index in [1.807, 2.05) is 36.5 Å². The van der Waals surface area contributed by atoms with Gasteiger partial charge in [-0.1, -0.05) is 6.07 Å². The second kappa shape index (κ2) is 8.29. The largest absolute Gasteiger partial charge is 0.441 e. The van der Waals surface area contributed by atoms with E-state index in [1.165, 1.54) is 0 Å². The molecule has 1 aliphatic heterocycles. The molecular weight excluding hydrogens is 392 g/mol. The number of amides is 1. The predicted octanol–water partition coefficient (Wildman–Crippen LogP) is 3.93. The molecule has 0 bridgehead atoms. The fourth-order valence-electron chi connectivity index (χ4n) is 4.34. The Morgan fingerprint density at radius 2 is 1.97 bits per heavy atom. The minimum absolute atomic E-state index is 0.325. The lowest BCUT2D eigenvalue weighted by Crippen LogP contribution is -2.39. The number of carbonyl (C=O) groups is 1. The summed E-state index contributed by atoms with van der Waals surface area (Å²) < 4.78 is 5.80. The number of anilines is 2. The molecule has 2 aliphatic rings. The minimum atomic E-state index is -0.409. The van der Waals surface area contributed by atoms with Crippen LogP contribution < -0.4 is 10.2 Å². The fraction of sp³-hybridized carbons (Fsp3) is 0.348. The second-order valence-electron chi connectivity index (χ2n) is 8.19. The van der Waals surface area contributed by atoms with E-state index in [-0.39, 0.29) is 6.09 Å². The van der Waals surface area contributed by atoms with Crippen LogP contribution >= 0.6 is 0 Å². The summed E-state index contributed by atoms with van der Waals surface area (Å²) in [4.78, 5) is 22.9. The van der Waals surface area contributed by atoms with Crippen molar-refractivity contribution in [3.05, 3.63) is 61.1 Å². The van der Waals surface area contributed by atoms with Gasteiger partial charge in [0.05, 0.1) is 12.2 Å². The number of aromatic nitrogens is 4. The Morgan fingerprint density at radius 1 is 1.06 bits per heavy atom. The van der Waals surface area contributed by atoms with Gasteiger partial charge in [-0.2, -0.15) is 5.10 Å². The van der Waals surface area contributed by atoms with Gasteiger partial charge in [0.15, 0.2) is 5.82 Å². The monoisotopic (exact) mass is 416 g/mol. The molecule has 8 heteroatoms. The molecule has 1 spiro atoms. The van der Waals surface area contributed by atoms with Gasteiger partial charge in [-0.25, -0.2) is 9.78 Å². The maximum atomic E-state index is 12.4. The van der Waals surface area contributed by atoms with E-state index >= 15 is 0 Å². The molecule has 1 N–H and O–H groups in total. The third-order valence-corrected chi connectivity index (χ3v) is 6.12. The van der Waals surface area contributed by atoms with Crippen molar-refractivity contribution in [2.75, 3.05) is 23.3 Å². The van der Waals surface area contributed by atoms with Crippen molar-refractivity contribution in [2.45, 2.75) is 31.3 Å². The zero-order valence-electron chi connectivity index (χ0n) is 17.1. The smallest absolute Gasteiger partial charge is 0.416 e. The van der Waals surface area contributed by atoms with Crippen LogP contribution in [0, 0.1) is 5.92 Å². The maximum Gasteiger partial charge on any atom is 0.416 e. The standard InChI is InChI=1S/C23H24N6O2/c30-22-29(21-5-3-13-27-28-21)16-23(31-22)10-8-17(9-11-23)14-25-20-7-6-18(15-26-20)19-4-1-2-12-24-19/h1-7,12-13,15,17H,8-11,14,16H2,(H,25,26)/t17-,23-. The van der Waals surface area contributed by atoms with Crippen LogP contribution in [0.4, 0.5) is 16.4 Å². The number of hydrogen-bond donors (Lipinski definition) is 1. The van der Waals surface area contributed by atoms with Crippen LogP contribution in [0.2, 0.25) is 0 Å². The molecule has 31 heavy (non-hydrogen) atoms. The predicted molar refractivity (Wildman–Crippen MR) is 117 cm³/mol. The summed E-state index contributed by atoms with van der Waals surface area (Å²) in [6.07, 6.45) is 8.61. The molecule has 1 saturated carbocycles. The number of pyridine rings is 2. The summed E-state index contributed by atoms with van der Waals surface area (Å²) >= 11 is 0. The summed E-state index contributed by atoms with van der Waals surface area (Å²) in [6, 6.07) is 13.4. The molecule has 5 rings (SSSR count). The molecule has 0 aromatic carbocycles. The van der Waals surface area contributed by atoms with Crippen LogP contribution in [0.5, 0.6) is 0 Å². The van der Waals surface area contributed by atoms with E-state index < -0.39 is 5.60 Å². The molecule has 1 saturated heterocycles. The number of nitrogens with one attached hydrogen (secondary N) is 1. The highest BCUT2D eigenvalue weighted by molar-refractivity contribution is 5.89. The van der Waals surface area contributed by atoms with Gasteiger partial charge in [0.1, 0.15) is 11.4 Å². The van der Waals surface area contributed by atoms with E-state index in [1.54, 1.807) is 29.4 Å². The molecule has 1 amide bonds. The topological polar surface area (TPSA) is 93.1 Å². The van der Waals surface area contributed by atoms with Crippen molar-refractivity contribution in [2.24, 2.45) is 5.92 Å². The van der Waals surface area contributed by atoms with Crippen molar-refractivity contribution < 1.29 is 9.53 Å². The van der Waals surface area contributed by atoms with Crippen molar-refractivity contribution in [1.29, 1.82) is 0 Å². The second-order valence-corrected chi connectivity index (χ2v) is 8.19. The molecule has 4 heterocycles. The van der Waals surface area contributed by atoms with Crippen LogP contribution in [-0.2, 0) is 4.74 Å². The average molecular weight is 416 g/mol. The van der Waals surface area contributed by atoms with E-state index in [0.29, 0.717) is 18.3 Å². The first-order valence-electron chi connectivity index (χ1n) is 10.6. The maximum absolute atomic E-state index is 12.4. The van der Waals surface area contributed by atoms with Gasteiger partial charge in [-0.15, -0.1) is 5.10 Å². The summed E-state index contributed by atoms with van der Waals surface area (Å²) in [7, 11) is 0. The van der Waals surface area contributed by atoms with Crippen LogP contribution in [0.1, 0.15) is 25.7 Å². The summed E-state index contributed by atoms with van der Waals surface area (Å²) in [6.45, 7) is 1.40. The van der Waals surface area contributed by atoms with E-state index in [2.05, 4.69) is 25.5 Å². The quantitative estimate of drug-likeness (QED) is 0.673. The Bertz CT molecular complexity index is 1020. The van der Waals surface area contributed by atoms with Crippen LogP contribution in [0.3, 0.4) is 0 Å². The zero-order valence-corrected chi connectivity index (χ0v) is 17.1. The van der Waals surface area contributed by atoms with E-state index in [9.17, 15) is 4.79 Å². The molecule has 3 aromatic heterocycles. The van der Waals surface area contributed by atoms with Crippen molar-refractivity contribution >= 4 is 17.7 Å². The van der Waals surface area contributed by atoms with Gasteiger partial charge < -0.3 is 10.1 Å². The van der Waals surface area contributed by atoms with Crippen LogP contribution in [0.25, 0.3) is 11.3 Å². The Morgan fingerprint density at radius 3 is 2.68 bits per heavy atom. The number of hydrogen-bond acceptors (Lipinski definition) is 7. The molecule has 3 aromatic rings. The van der Waals surface area contributed by atoms with Crippen molar-refractivity contribution in [3.63, 3.8) is 0 Å². The van der Waals surface area contributed by atoms with Crippen molar-refractivity contribution in [1.82, 2.24) is 20.2 Å². The van der Waals surface area contributed by atoms with Gasteiger partial charge in [0.2, 0.25) is 0 Å². The molecule has 158 valence electrons. The third kappa shape index (κ3) is 4.19. The number of carbonyl (C=O) groups excluding carboxylic acids is 1. The Labute approximate surface area is 180 Å². The zero-order chi connectivity index (χ0) is 21.1. The lowest BCUT2D eigenvalue weighted by Gasteiger charge is -2.35. The molecule has 1 aliphatic carbocycles. The lowest BCUT2D eigenvalue weighted by atomic mass is 9.78. The first kappa shape index (κ1) is 19.4. The molecule has 0 atom stereocenters. The number of nitrogens with zero attached hydrogens (tertiary/aromatic N) is 5. The molecule has 8 nitrogen and oxygen atoms in total. The van der Waals surface area contributed by atoms with Gasteiger partial charge in [-0.05, 0) is 68.0 Å². The van der Waals surface area contributed by atoms with Crippen LogP contribution in [0.15, 0.2) is 61.1 Å². The average Bonchev–Trinajstić information content (AvgIpc) is 3.16. The summed E-state index contributed by atoms with van der Waals surface area (Å²) in [5.41, 5.74) is 1.51. The molecular formula is C23H24N6O2. The SMILES string of the molecule is O=C1O[C@]2(CC[C@H](CNc3ccc(-c4ccccn4)cn3)CC2)CN1c1cccnn1. The van der Waals surface area contributed by atoms with Gasteiger partial charge in [0.25, 0.3) is 0 Å². The Balaban J connectivity index is 1.14. The first-order chi connectivity index (χ1) is 15.2. The highest BCUT2D eigenvalue weighted by Crippen LogP contribution is 2.40. The molecule has 0 radical (unpaired) electrons. The van der Waals surface area contributed by atoms with E-state index in [0.717, 1.165) is 49.3 Å². The Kier molecular flexibility index (Phi) is 5.19. The van der Waals surface area contributed by atoms with Gasteiger partial charge in [0, 0.05) is 30.7 Å². The fourth-order valence-corrected chi connectivity index (χ4v) is 4.34. The highest BCUT2D eigenvalue weighted by Gasteiger charge is 2.48. The van der Waals surface area contributed by atoms with Crippen molar-refractivity contribution in [3.8, 4) is 11.3 Å². The third-order valence-electron chi connectivity index (χ3n) is 6.12. The van der Waals surface area contributed by atoms with Gasteiger partial charge >= 0.3 is 6.09 Å². The number of ether oxygens (including phenoxy) is 1. The summed E-state index contributed by atoms with van der Waals surface area (Å²) in [5.74, 6) is 1.93. The number of rotatable bonds is 5. The summed E-state index contributed by atoms with van der Waals surface area (Å²) in [5, 5.41) is 11.4. The lowest BCUT2D eigenvalue weighted by molar-refractivity contribution is 0.0148. The minimum Gasteiger partial charge on any atom is -0.441 e. The van der Waals surface area contributed by atoms with Gasteiger partial charge in [-0.3, -0.25) is 9.88 Å². The normalized spacial score (nSPS) is 23.0. The van der Waals surface area contributed by atoms with Crippen LogP contribution in [-0.4, -0.2) is 44.9 Å². The highest BCUT2D eigenvalue weighted by atomic mass is 16.6. The molecule has 0 unspecified atom stereocenters. The molecule has 2 fully saturated rings. The first-order valence-corrected chi connectivity index (χ1v) is 10.6.